The first-order valence-electron chi connectivity index (χ1n) is 12.3. The molecule has 0 saturated carbocycles. The van der Waals surface area contributed by atoms with E-state index in [2.05, 4.69) is 58.3 Å². The summed E-state index contributed by atoms with van der Waals surface area (Å²) in [6.07, 6.45) is 0.221. The van der Waals surface area contributed by atoms with Gasteiger partial charge < -0.3 is 4.74 Å². The van der Waals surface area contributed by atoms with Crippen LogP contribution in [0.25, 0.3) is 0 Å². The van der Waals surface area contributed by atoms with Crippen LogP contribution in [0.1, 0.15) is 30.5 Å². The van der Waals surface area contributed by atoms with Gasteiger partial charge in [0.05, 0.1) is 30.8 Å². The van der Waals surface area contributed by atoms with Crippen LogP contribution >= 0.6 is 0 Å². The van der Waals surface area contributed by atoms with Gasteiger partial charge in [-0.25, -0.2) is 4.90 Å². The van der Waals surface area contributed by atoms with Gasteiger partial charge >= 0.3 is 0 Å². The molecule has 2 saturated heterocycles. The number of nitrogens with zero attached hydrogens (tertiary/aromatic N) is 3. The Balaban J connectivity index is 1.30. The second-order valence-electron chi connectivity index (χ2n) is 9.01. The number of amides is 2. The molecule has 0 aliphatic carbocycles. The fourth-order valence-electron chi connectivity index (χ4n) is 5.24. The molecule has 6 heteroatoms. The highest BCUT2D eigenvalue weighted by molar-refractivity contribution is 6.22. The molecule has 5 rings (SSSR count). The highest BCUT2D eigenvalue weighted by atomic mass is 16.5. The van der Waals surface area contributed by atoms with E-state index in [0.29, 0.717) is 18.0 Å². The molecular weight excluding hydrogens is 438 g/mol. The first-order chi connectivity index (χ1) is 17.2. The van der Waals surface area contributed by atoms with Crippen LogP contribution in [-0.4, -0.2) is 60.4 Å². The van der Waals surface area contributed by atoms with E-state index in [4.69, 9.17) is 4.74 Å². The van der Waals surface area contributed by atoms with Gasteiger partial charge in [-0.05, 0) is 30.2 Å². The Morgan fingerprint density at radius 2 is 1.46 bits per heavy atom. The summed E-state index contributed by atoms with van der Waals surface area (Å²) in [7, 11) is 0. The van der Waals surface area contributed by atoms with Crippen molar-refractivity contribution in [1.29, 1.82) is 0 Å². The predicted octanol–water partition coefficient (Wildman–Crippen LogP) is 4.12. The van der Waals surface area contributed by atoms with E-state index in [-0.39, 0.29) is 24.3 Å². The van der Waals surface area contributed by atoms with Gasteiger partial charge in [0, 0.05) is 32.2 Å². The Bertz CT molecular complexity index is 1120. The summed E-state index contributed by atoms with van der Waals surface area (Å²) < 4.78 is 5.56. The SMILES string of the molecule is CCOc1cccc(N2C(=O)C[C@@H](N3CCN(C(c4ccccc4)c4ccccc4)CC3)C2=O)c1. The lowest BCUT2D eigenvalue weighted by molar-refractivity contribution is -0.123. The van der Waals surface area contributed by atoms with Crippen molar-refractivity contribution in [3.63, 3.8) is 0 Å². The number of ether oxygens (including phenoxy) is 1. The Hall–Kier alpha value is -3.48. The third kappa shape index (κ3) is 4.85. The van der Waals surface area contributed by atoms with E-state index in [9.17, 15) is 9.59 Å². The van der Waals surface area contributed by atoms with Crippen LogP contribution in [0.4, 0.5) is 5.69 Å². The lowest BCUT2D eigenvalue weighted by Gasteiger charge is -2.41. The monoisotopic (exact) mass is 469 g/mol. The minimum atomic E-state index is -0.410. The van der Waals surface area contributed by atoms with Crippen molar-refractivity contribution in [2.45, 2.75) is 25.4 Å². The Morgan fingerprint density at radius 1 is 0.829 bits per heavy atom. The number of hydrogen-bond donors (Lipinski definition) is 0. The maximum Gasteiger partial charge on any atom is 0.251 e. The molecule has 6 nitrogen and oxygen atoms in total. The number of hydrogen-bond acceptors (Lipinski definition) is 5. The third-order valence-electron chi connectivity index (χ3n) is 6.90. The zero-order valence-corrected chi connectivity index (χ0v) is 20.0. The predicted molar refractivity (Wildman–Crippen MR) is 136 cm³/mol. The molecule has 0 N–H and O–H groups in total. The van der Waals surface area contributed by atoms with Crippen LogP contribution in [0, 0.1) is 0 Å². The lowest BCUT2D eigenvalue weighted by Crippen LogP contribution is -2.53. The Morgan fingerprint density at radius 3 is 2.06 bits per heavy atom. The highest BCUT2D eigenvalue weighted by Crippen LogP contribution is 2.32. The zero-order chi connectivity index (χ0) is 24.2. The van der Waals surface area contributed by atoms with Gasteiger partial charge in [0.15, 0.2) is 0 Å². The molecule has 0 aromatic heterocycles. The number of benzene rings is 3. The van der Waals surface area contributed by atoms with Crippen molar-refractivity contribution in [2.24, 2.45) is 0 Å². The molecule has 35 heavy (non-hydrogen) atoms. The maximum absolute atomic E-state index is 13.4. The van der Waals surface area contributed by atoms with E-state index in [1.54, 1.807) is 12.1 Å². The van der Waals surface area contributed by atoms with Crippen molar-refractivity contribution in [3.05, 3.63) is 96.1 Å². The molecule has 3 aromatic rings. The minimum absolute atomic E-state index is 0.139. The molecule has 0 radical (unpaired) electrons. The topological polar surface area (TPSA) is 53.1 Å². The minimum Gasteiger partial charge on any atom is -0.494 e. The molecule has 0 unspecified atom stereocenters. The lowest BCUT2D eigenvalue weighted by atomic mass is 9.96. The van der Waals surface area contributed by atoms with Crippen LogP contribution in [0.3, 0.4) is 0 Å². The van der Waals surface area contributed by atoms with Gasteiger partial charge in [-0.15, -0.1) is 0 Å². The van der Waals surface area contributed by atoms with Gasteiger partial charge in [-0.3, -0.25) is 19.4 Å². The van der Waals surface area contributed by atoms with Crippen LogP contribution in [0.15, 0.2) is 84.9 Å². The van der Waals surface area contributed by atoms with Crippen LogP contribution in [0.5, 0.6) is 5.75 Å². The van der Waals surface area contributed by atoms with E-state index < -0.39 is 6.04 Å². The fourth-order valence-corrected chi connectivity index (χ4v) is 5.24. The van der Waals surface area contributed by atoms with Gasteiger partial charge in [-0.1, -0.05) is 66.7 Å². The summed E-state index contributed by atoms with van der Waals surface area (Å²) in [4.78, 5) is 32.2. The molecule has 2 fully saturated rings. The first kappa shape index (κ1) is 23.3. The Labute approximate surface area is 206 Å². The molecule has 2 heterocycles. The number of carbonyl (C=O) groups excluding carboxylic acids is 2. The largest absolute Gasteiger partial charge is 0.494 e. The first-order valence-corrected chi connectivity index (χ1v) is 12.3. The quantitative estimate of drug-likeness (QED) is 0.487. The summed E-state index contributed by atoms with van der Waals surface area (Å²) in [6, 6.07) is 28.1. The summed E-state index contributed by atoms with van der Waals surface area (Å²) in [5.41, 5.74) is 3.11. The van der Waals surface area contributed by atoms with E-state index in [1.807, 2.05) is 31.2 Å². The number of carbonyl (C=O) groups is 2. The zero-order valence-electron chi connectivity index (χ0n) is 20.0. The average molecular weight is 470 g/mol. The number of piperazine rings is 1. The summed E-state index contributed by atoms with van der Waals surface area (Å²) in [6.45, 7) is 5.58. The number of rotatable bonds is 7. The standard InChI is InChI=1S/C29H31N3O3/c1-2-35-25-15-9-14-24(20-25)32-27(33)21-26(29(32)34)30-16-18-31(19-17-30)28(22-10-5-3-6-11-22)23-12-7-4-8-13-23/h3-15,20,26,28H,2,16-19,21H2,1H3/t26-/m1/s1. The second-order valence-corrected chi connectivity index (χ2v) is 9.01. The van der Waals surface area contributed by atoms with Gasteiger partial charge in [0.2, 0.25) is 5.91 Å². The third-order valence-corrected chi connectivity index (χ3v) is 6.90. The van der Waals surface area contributed by atoms with Crippen molar-refractivity contribution < 1.29 is 14.3 Å². The number of imide groups is 1. The van der Waals surface area contributed by atoms with Crippen LogP contribution in [0.2, 0.25) is 0 Å². The van der Waals surface area contributed by atoms with Crippen molar-refractivity contribution in [1.82, 2.24) is 9.80 Å². The van der Waals surface area contributed by atoms with Gasteiger partial charge in [-0.2, -0.15) is 0 Å². The van der Waals surface area contributed by atoms with Crippen molar-refractivity contribution in [3.8, 4) is 5.75 Å². The summed E-state index contributed by atoms with van der Waals surface area (Å²) >= 11 is 0. The molecular formula is C29H31N3O3. The molecule has 1 atom stereocenters. The number of anilines is 1. The Kier molecular flexibility index (Phi) is 6.93. The molecule has 2 aliphatic rings. The molecule has 0 spiro atoms. The normalized spacial score (nSPS) is 19.5. The summed E-state index contributed by atoms with van der Waals surface area (Å²) in [5.74, 6) is 0.373. The molecule has 3 aromatic carbocycles. The summed E-state index contributed by atoms with van der Waals surface area (Å²) in [5, 5.41) is 0. The van der Waals surface area contributed by atoms with E-state index in [1.165, 1.54) is 16.0 Å². The molecule has 0 bridgehead atoms. The average Bonchev–Trinajstić information content (AvgIpc) is 3.20. The maximum atomic E-state index is 13.4. The van der Waals surface area contributed by atoms with E-state index >= 15 is 0 Å². The van der Waals surface area contributed by atoms with Crippen LogP contribution in [-0.2, 0) is 9.59 Å². The molecule has 2 aliphatic heterocycles. The smallest absolute Gasteiger partial charge is 0.251 e. The van der Waals surface area contributed by atoms with Gasteiger partial charge in [0.1, 0.15) is 5.75 Å². The van der Waals surface area contributed by atoms with Gasteiger partial charge in [0.25, 0.3) is 5.91 Å². The molecule has 2 amide bonds. The van der Waals surface area contributed by atoms with Crippen molar-refractivity contribution >= 4 is 17.5 Å². The fraction of sp³-hybridized carbons (Fsp3) is 0.310. The second kappa shape index (κ2) is 10.4. The molecule has 180 valence electrons. The van der Waals surface area contributed by atoms with E-state index in [0.717, 1.165) is 26.2 Å². The van der Waals surface area contributed by atoms with Crippen molar-refractivity contribution in [2.75, 3.05) is 37.7 Å². The highest BCUT2D eigenvalue weighted by Gasteiger charge is 2.43. The van der Waals surface area contributed by atoms with Crippen LogP contribution < -0.4 is 9.64 Å².